The van der Waals surface area contributed by atoms with Gasteiger partial charge in [-0.05, 0) is 64.7 Å². The van der Waals surface area contributed by atoms with Crippen LogP contribution in [0, 0.1) is 11.3 Å². The Kier molecular flexibility index (Phi) is 6.68. The fourth-order valence-electron chi connectivity index (χ4n) is 4.01. The molecule has 0 saturated carbocycles. The third-order valence-electron chi connectivity index (χ3n) is 5.76. The van der Waals surface area contributed by atoms with Crippen LogP contribution in [0.15, 0.2) is 51.5 Å². The van der Waals surface area contributed by atoms with Gasteiger partial charge in [0.1, 0.15) is 0 Å². The number of nitrogens with zero attached hydrogens (tertiary/aromatic N) is 3. The van der Waals surface area contributed by atoms with Crippen LogP contribution in [0.3, 0.4) is 0 Å². The van der Waals surface area contributed by atoms with E-state index in [4.69, 9.17) is 4.74 Å². The van der Waals surface area contributed by atoms with Crippen LogP contribution < -0.4 is 9.64 Å². The van der Waals surface area contributed by atoms with Crippen LogP contribution in [-0.4, -0.2) is 35.1 Å². The number of aromatic hydroxyl groups is 1. The standard InChI is InChI=1S/C24H24BrN3O3S/c1-3-15-5-7-17(8-6-15)27-13-28-22(29)11-18(19(12-26)24(28)32-14-27)16-9-20(25)23(30)21(10-16)31-4-2/h5-10,18,30H,3-4,11,13-14H2,1-2H3/t18-/m0/s1. The Bertz CT molecular complexity index is 1110. The van der Waals surface area contributed by atoms with Crippen LogP contribution >= 0.6 is 27.7 Å². The fraction of sp³-hybridized carbons (Fsp3) is 0.333. The first kappa shape index (κ1) is 22.6. The van der Waals surface area contributed by atoms with Gasteiger partial charge in [0.2, 0.25) is 5.91 Å². The van der Waals surface area contributed by atoms with Crippen molar-refractivity contribution in [3.05, 3.63) is 62.6 Å². The number of aryl methyl sites for hydroxylation is 1. The number of benzene rings is 2. The molecule has 0 bridgehead atoms. The number of phenols is 1. The number of hydrogen-bond acceptors (Lipinski definition) is 6. The summed E-state index contributed by atoms with van der Waals surface area (Å²) < 4.78 is 6.02. The number of nitriles is 1. The molecule has 2 heterocycles. The van der Waals surface area contributed by atoms with Crippen LogP contribution in [0.2, 0.25) is 0 Å². The lowest BCUT2D eigenvalue weighted by Gasteiger charge is -2.42. The van der Waals surface area contributed by atoms with Crippen molar-refractivity contribution in [1.82, 2.24) is 4.90 Å². The van der Waals surface area contributed by atoms with Gasteiger partial charge < -0.3 is 14.7 Å². The van der Waals surface area contributed by atoms with E-state index in [2.05, 4.69) is 58.1 Å². The molecule has 2 aromatic rings. The summed E-state index contributed by atoms with van der Waals surface area (Å²) in [5.74, 6) is 0.618. The molecule has 1 saturated heterocycles. The highest BCUT2D eigenvalue weighted by Gasteiger charge is 2.38. The number of carbonyl (C=O) groups is 1. The van der Waals surface area contributed by atoms with E-state index in [1.807, 2.05) is 6.92 Å². The second-order valence-electron chi connectivity index (χ2n) is 7.67. The molecule has 2 aromatic carbocycles. The molecule has 8 heteroatoms. The smallest absolute Gasteiger partial charge is 0.229 e. The van der Waals surface area contributed by atoms with Crippen LogP contribution in [0.1, 0.15) is 37.3 Å². The Morgan fingerprint density at radius 3 is 2.69 bits per heavy atom. The van der Waals surface area contributed by atoms with Crippen molar-refractivity contribution in [2.75, 3.05) is 24.1 Å². The first-order chi connectivity index (χ1) is 15.5. The second kappa shape index (κ2) is 9.47. The van der Waals surface area contributed by atoms with Gasteiger partial charge in [-0.15, -0.1) is 0 Å². The molecule has 1 atom stereocenters. The Labute approximate surface area is 200 Å². The summed E-state index contributed by atoms with van der Waals surface area (Å²) in [6.45, 7) is 4.79. The van der Waals surface area contributed by atoms with Gasteiger partial charge in [0.25, 0.3) is 0 Å². The highest BCUT2D eigenvalue weighted by Crippen LogP contribution is 2.46. The summed E-state index contributed by atoms with van der Waals surface area (Å²) in [4.78, 5) is 17.0. The predicted molar refractivity (Wildman–Crippen MR) is 129 cm³/mol. The van der Waals surface area contributed by atoms with Crippen LogP contribution in [-0.2, 0) is 11.2 Å². The van der Waals surface area contributed by atoms with E-state index in [1.165, 1.54) is 17.3 Å². The van der Waals surface area contributed by atoms with Crippen LogP contribution in [0.25, 0.3) is 0 Å². The molecule has 4 rings (SSSR count). The Balaban J connectivity index is 1.66. The van der Waals surface area contributed by atoms with Crippen molar-refractivity contribution < 1.29 is 14.6 Å². The molecular weight excluding hydrogens is 490 g/mol. The van der Waals surface area contributed by atoms with Crippen molar-refractivity contribution in [3.63, 3.8) is 0 Å². The normalized spacial score (nSPS) is 18.4. The van der Waals surface area contributed by atoms with Crippen molar-refractivity contribution in [2.45, 2.75) is 32.6 Å². The molecule has 6 nitrogen and oxygen atoms in total. The Hall–Kier alpha value is -2.63. The molecule has 1 fully saturated rings. The highest BCUT2D eigenvalue weighted by molar-refractivity contribution is 9.10. The zero-order valence-electron chi connectivity index (χ0n) is 18.0. The molecule has 2 aliphatic rings. The summed E-state index contributed by atoms with van der Waals surface area (Å²) >= 11 is 4.88. The Morgan fingerprint density at radius 1 is 1.28 bits per heavy atom. The third-order valence-corrected chi connectivity index (χ3v) is 7.52. The number of thioether (sulfide) groups is 1. The molecule has 1 N–H and O–H groups in total. The van der Waals surface area contributed by atoms with Gasteiger partial charge in [-0.25, -0.2) is 0 Å². The van der Waals surface area contributed by atoms with E-state index >= 15 is 0 Å². The fourth-order valence-corrected chi connectivity index (χ4v) is 5.64. The van der Waals surface area contributed by atoms with Crippen molar-refractivity contribution in [1.29, 1.82) is 5.26 Å². The molecule has 166 valence electrons. The van der Waals surface area contributed by atoms with Gasteiger partial charge in [0, 0.05) is 18.0 Å². The monoisotopic (exact) mass is 513 g/mol. The number of anilines is 1. The Morgan fingerprint density at radius 2 is 2.03 bits per heavy atom. The van der Waals surface area contributed by atoms with Gasteiger partial charge in [0.15, 0.2) is 11.5 Å². The van der Waals surface area contributed by atoms with Crippen molar-refractivity contribution in [2.24, 2.45) is 0 Å². The average molecular weight is 514 g/mol. The van der Waals surface area contributed by atoms with Gasteiger partial charge in [-0.2, -0.15) is 5.26 Å². The molecule has 32 heavy (non-hydrogen) atoms. The summed E-state index contributed by atoms with van der Waals surface area (Å²) in [5, 5.41) is 21.0. The number of allylic oxidation sites excluding steroid dienone is 1. The minimum Gasteiger partial charge on any atom is -0.503 e. The molecule has 0 spiro atoms. The summed E-state index contributed by atoms with van der Waals surface area (Å²) in [6, 6.07) is 14.2. The van der Waals surface area contributed by atoms with E-state index in [1.54, 1.807) is 17.0 Å². The summed E-state index contributed by atoms with van der Waals surface area (Å²) in [7, 11) is 0. The summed E-state index contributed by atoms with van der Waals surface area (Å²) in [5.41, 5.74) is 3.68. The number of ether oxygens (including phenoxy) is 1. The second-order valence-corrected chi connectivity index (χ2v) is 9.45. The zero-order chi connectivity index (χ0) is 22.8. The topological polar surface area (TPSA) is 76.8 Å². The minimum atomic E-state index is -0.377. The molecule has 0 radical (unpaired) electrons. The lowest BCUT2D eigenvalue weighted by atomic mass is 9.86. The van der Waals surface area contributed by atoms with Crippen molar-refractivity contribution in [3.8, 4) is 17.6 Å². The number of halogens is 1. The lowest BCUT2D eigenvalue weighted by Crippen LogP contribution is -2.47. The van der Waals surface area contributed by atoms with Gasteiger partial charge in [0.05, 0.1) is 40.3 Å². The molecule has 1 amide bonds. The largest absolute Gasteiger partial charge is 0.503 e. The molecule has 2 aliphatic heterocycles. The maximum absolute atomic E-state index is 13.2. The SMILES string of the molecule is CCOc1cc([C@@H]2CC(=O)N3CN(c4ccc(CC)cc4)CSC3=C2C#N)cc(Br)c1O. The van der Waals surface area contributed by atoms with E-state index in [0.717, 1.165) is 22.7 Å². The number of rotatable bonds is 5. The van der Waals surface area contributed by atoms with E-state index in [0.29, 0.717) is 34.9 Å². The number of fused-ring (bicyclic) bond motifs is 1. The van der Waals surface area contributed by atoms with Gasteiger partial charge in [-0.1, -0.05) is 30.8 Å². The highest BCUT2D eigenvalue weighted by atomic mass is 79.9. The van der Waals surface area contributed by atoms with Crippen LogP contribution in [0.5, 0.6) is 11.5 Å². The number of amides is 1. The third kappa shape index (κ3) is 4.19. The molecule has 0 aliphatic carbocycles. The number of carbonyl (C=O) groups excluding carboxylic acids is 1. The lowest BCUT2D eigenvalue weighted by molar-refractivity contribution is -0.129. The van der Waals surface area contributed by atoms with E-state index < -0.39 is 0 Å². The average Bonchev–Trinajstić information content (AvgIpc) is 2.82. The van der Waals surface area contributed by atoms with E-state index in [-0.39, 0.29) is 24.0 Å². The maximum Gasteiger partial charge on any atom is 0.229 e. The minimum absolute atomic E-state index is 0.0160. The summed E-state index contributed by atoms with van der Waals surface area (Å²) in [6.07, 6.45) is 1.18. The first-order valence-corrected chi connectivity index (χ1v) is 12.3. The first-order valence-electron chi connectivity index (χ1n) is 10.5. The molecule has 0 unspecified atom stereocenters. The predicted octanol–water partition coefficient (Wildman–Crippen LogP) is 5.34. The molecule has 0 aromatic heterocycles. The number of hydrogen-bond donors (Lipinski definition) is 1. The van der Waals surface area contributed by atoms with Crippen molar-refractivity contribution >= 4 is 39.3 Å². The molecular formula is C24H24BrN3O3S. The van der Waals surface area contributed by atoms with Gasteiger partial charge >= 0.3 is 0 Å². The van der Waals surface area contributed by atoms with Gasteiger partial charge in [-0.3, -0.25) is 9.69 Å². The van der Waals surface area contributed by atoms with E-state index in [9.17, 15) is 15.2 Å². The number of phenolic OH excluding ortho intramolecular Hbond substituents is 1. The quantitative estimate of drug-likeness (QED) is 0.581. The maximum atomic E-state index is 13.2. The zero-order valence-corrected chi connectivity index (χ0v) is 20.4. The van der Waals surface area contributed by atoms with Crippen LogP contribution in [0.4, 0.5) is 5.69 Å².